The van der Waals surface area contributed by atoms with Crippen LogP contribution in [0.5, 0.6) is 5.75 Å². The second kappa shape index (κ2) is 14.2. The number of halogens is 3. The zero-order chi connectivity index (χ0) is 32.8. The molecule has 0 aliphatic carbocycles. The molecule has 4 aromatic rings. The molecule has 0 aliphatic rings. The number of aryl methyl sites for hydroxylation is 2. The maximum absolute atomic E-state index is 13.1. The van der Waals surface area contributed by atoms with Crippen molar-refractivity contribution in [3.8, 4) is 5.75 Å². The molecule has 2 amide bonds. The van der Waals surface area contributed by atoms with Gasteiger partial charge in [-0.1, -0.05) is 24.3 Å². The number of amides is 2. The van der Waals surface area contributed by atoms with Gasteiger partial charge in [-0.05, 0) is 72.9 Å². The van der Waals surface area contributed by atoms with Gasteiger partial charge < -0.3 is 14.6 Å². The summed E-state index contributed by atoms with van der Waals surface area (Å²) in [7, 11) is -0.762. The molecule has 0 fully saturated rings. The minimum Gasteiger partial charge on any atom is -0.496 e. The van der Waals surface area contributed by atoms with E-state index in [1.807, 2.05) is 23.9 Å². The van der Waals surface area contributed by atoms with Crippen molar-refractivity contribution >= 4 is 32.7 Å². The number of rotatable bonds is 14. The molecule has 12 heteroatoms. The van der Waals surface area contributed by atoms with Crippen LogP contribution in [0.3, 0.4) is 0 Å². The van der Waals surface area contributed by atoms with Gasteiger partial charge in [0.05, 0.1) is 17.4 Å². The number of hydrogen-bond donors (Lipinski definition) is 2. The van der Waals surface area contributed by atoms with E-state index < -0.39 is 41.4 Å². The topological polar surface area (TPSA) is 106 Å². The van der Waals surface area contributed by atoms with Crippen molar-refractivity contribution in [3.05, 3.63) is 94.7 Å². The number of fused-ring (bicyclic) bond motifs is 1. The highest BCUT2D eigenvalue weighted by Crippen LogP contribution is 2.29. The number of ether oxygens (including phenoxy) is 1. The Morgan fingerprint density at radius 1 is 0.911 bits per heavy atom. The molecule has 3 aromatic carbocycles. The first-order valence-corrected chi connectivity index (χ1v) is 15.8. The van der Waals surface area contributed by atoms with Crippen molar-refractivity contribution in [1.29, 1.82) is 0 Å². The maximum Gasteiger partial charge on any atom is 0.265 e. The van der Waals surface area contributed by atoms with E-state index in [-0.39, 0.29) is 35.8 Å². The number of nitrogens with one attached hydrogen (secondary N) is 2. The van der Waals surface area contributed by atoms with E-state index in [0.717, 1.165) is 22.0 Å². The molecule has 2 N–H and O–H groups in total. The predicted octanol–water partition coefficient (Wildman–Crippen LogP) is 5.61. The van der Waals surface area contributed by atoms with E-state index in [0.29, 0.717) is 23.3 Å². The maximum atomic E-state index is 13.1. The van der Waals surface area contributed by atoms with Gasteiger partial charge in [0.25, 0.3) is 21.8 Å². The van der Waals surface area contributed by atoms with Gasteiger partial charge in [-0.2, -0.15) is 0 Å². The number of alkyl halides is 3. The highest BCUT2D eigenvalue weighted by Gasteiger charge is 2.30. The first-order valence-electron chi connectivity index (χ1n) is 14.3. The Bertz CT molecular complexity index is 1790. The second-order valence-corrected chi connectivity index (χ2v) is 12.8. The number of sulfonamides is 1. The standard InChI is InChI=1S/C33H36F3N3O5S/c1-22-7-4-5-8-30(22)45(42,43)38-32(41)25-10-9-23(29(17-25)44-3)15-26-18-39(2)28-12-11-24(16-27(26)28)31(40)37-14-6-13-33(19-34,20-35)21-36/h4-5,7-12,16-18H,6,13-15,19-21H2,1-3H3,(H,37,40)(H,38,41). The van der Waals surface area contributed by atoms with Crippen molar-refractivity contribution < 1.29 is 35.9 Å². The second-order valence-electron chi connectivity index (χ2n) is 11.2. The molecule has 4 rings (SSSR count). The normalized spacial score (nSPS) is 11.9. The Labute approximate surface area is 260 Å². The number of methoxy groups -OCH3 is 1. The quantitative estimate of drug-likeness (QED) is 0.174. The van der Waals surface area contributed by atoms with Crippen molar-refractivity contribution in [2.45, 2.75) is 31.1 Å². The van der Waals surface area contributed by atoms with E-state index >= 15 is 0 Å². The highest BCUT2D eigenvalue weighted by atomic mass is 32.2. The van der Waals surface area contributed by atoms with Crippen LogP contribution in [0.4, 0.5) is 13.2 Å². The van der Waals surface area contributed by atoms with Crippen molar-refractivity contribution in [1.82, 2.24) is 14.6 Å². The molecule has 0 bridgehead atoms. The number of carbonyl (C=O) groups is 2. The Morgan fingerprint density at radius 3 is 2.24 bits per heavy atom. The van der Waals surface area contributed by atoms with Crippen molar-refractivity contribution in [2.24, 2.45) is 12.5 Å². The van der Waals surface area contributed by atoms with E-state index in [2.05, 4.69) is 10.0 Å². The summed E-state index contributed by atoms with van der Waals surface area (Å²) in [5.74, 6) is -0.784. The molecule has 8 nitrogen and oxygen atoms in total. The third-order valence-corrected chi connectivity index (χ3v) is 9.39. The Hall–Kier alpha value is -4.32. The molecule has 0 saturated heterocycles. The lowest BCUT2D eigenvalue weighted by Crippen LogP contribution is -2.31. The van der Waals surface area contributed by atoms with Crippen LogP contribution in [0.1, 0.15) is 50.2 Å². The predicted molar refractivity (Wildman–Crippen MR) is 166 cm³/mol. The van der Waals surface area contributed by atoms with Crippen molar-refractivity contribution in [3.63, 3.8) is 0 Å². The van der Waals surface area contributed by atoms with Crippen molar-refractivity contribution in [2.75, 3.05) is 33.7 Å². The zero-order valence-corrected chi connectivity index (χ0v) is 26.1. The zero-order valence-electron chi connectivity index (χ0n) is 25.3. The van der Waals surface area contributed by atoms with Gasteiger partial charge in [-0.3, -0.25) is 22.8 Å². The largest absolute Gasteiger partial charge is 0.496 e. The molecule has 0 radical (unpaired) electrons. The molecule has 1 heterocycles. The fourth-order valence-corrected chi connectivity index (χ4v) is 6.38. The molecule has 1 aromatic heterocycles. The van der Waals surface area contributed by atoms with Crippen LogP contribution in [-0.2, 0) is 23.5 Å². The average Bonchev–Trinajstić information content (AvgIpc) is 3.35. The number of benzene rings is 3. The summed E-state index contributed by atoms with van der Waals surface area (Å²) in [5.41, 5.74) is 1.83. The van der Waals surface area contributed by atoms with Crippen LogP contribution in [0, 0.1) is 12.3 Å². The van der Waals surface area contributed by atoms with Gasteiger partial charge in [-0.25, -0.2) is 13.1 Å². The van der Waals surface area contributed by atoms with E-state index in [1.165, 1.54) is 25.3 Å². The molecule has 0 spiro atoms. The third kappa shape index (κ3) is 7.50. The molecule has 45 heavy (non-hydrogen) atoms. The number of aromatic nitrogens is 1. The Balaban J connectivity index is 1.50. The fourth-order valence-electron chi connectivity index (χ4n) is 5.16. The number of nitrogens with zero attached hydrogens (tertiary/aromatic N) is 1. The van der Waals surface area contributed by atoms with Crippen LogP contribution in [0.25, 0.3) is 10.9 Å². The number of hydrogen-bond acceptors (Lipinski definition) is 5. The first-order chi connectivity index (χ1) is 21.5. The summed E-state index contributed by atoms with van der Waals surface area (Å²) in [4.78, 5) is 25.8. The monoisotopic (exact) mass is 643 g/mol. The Kier molecular flexibility index (Phi) is 10.6. The minimum absolute atomic E-state index is 0.0124. The van der Waals surface area contributed by atoms with Crippen LogP contribution >= 0.6 is 0 Å². The van der Waals surface area contributed by atoms with Crippen LogP contribution in [-0.4, -0.2) is 58.5 Å². The summed E-state index contributed by atoms with van der Waals surface area (Å²) in [5, 5.41) is 3.55. The van der Waals surface area contributed by atoms with Gasteiger partial charge in [0.15, 0.2) is 0 Å². The fraction of sp³-hybridized carbons (Fsp3) is 0.333. The summed E-state index contributed by atoms with van der Waals surface area (Å²) in [6.45, 7) is -1.51. The Morgan fingerprint density at radius 2 is 1.58 bits per heavy atom. The molecule has 0 unspecified atom stereocenters. The highest BCUT2D eigenvalue weighted by molar-refractivity contribution is 7.90. The smallest absolute Gasteiger partial charge is 0.265 e. The lowest BCUT2D eigenvalue weighted by molar-refractivity contribution is 0.0919. The van der Waals surface area contributed by atoms with Gasteiger partial charge in [-0.15, -0.1) is 0 Å². The first kappa shape index (κ1) is 33.6. The lowest BCUT2D eigenvalue weighted by Gasteiger charge is -2.23. The lowest BCUT2D eigenvalue weighted by atomic mass is 9.87. The van der Waals surface area contributed by atoms with Crippen LogP contribution in [0.2, 0.25) is 0 Å². The molecular formula is C33H36F3N3O5S. The summed E-state index contributed by atoms with van der Waals surface area (Å²) in [6, 6.07) is 16.3. The third-order valence-electron chi connectivity index (χ3n) is 7.89. The SMILES string of the molecule is COc1cc(C(=O)NS(=O)(=O)c2ccccc2C)ccc1Cc1cn(C)c2ccc(C(=O)NCCCC(CF)(CF)CF)cc12. The summed E-state index contributed by atoms with van der Waals surface area (Å²) >= 11 is 0. The molecule has 0 saturated carbocycles. The van der Waals surface area contributed by atoms with Crippen LogP contribution in [0.15, 0.2) is 71.8 Å². The molecular weight excluding hydrogens is 607 g/mol. The molecule has 240 valence electrons. The van der Waals surface area contributed by atoms with Gasteiger partial charge in [0.1, 0.15) is 25.8 Å². The van der Waals surface area contributed by atoms with Gasteiger partial charge in [0, 0.05) is 48.2 Å². The summed E-state index contributed by atoms with van der Waals surface area (Å²) < 4.78 is 74.6. The molecule has 0 aliphatic heterocycles. The average molecular weight is 644 g/mol. The van der Waals surface area contributed by atoms with E-state index in [9.17, 15) is 31.2 Å². The van der Waals surface area contributed by atoms with Crippen LogP contribution < -0.4 is 14.8 Å². The number of carbonyl (C=O) groups excluding carboxylic acids is 2. The van der Waals surface area contributed by atoms with E-state index in [1.54, 1.807) is 43.3 Å². The van der Waals surface area contributed by atoms with Gasteiger partial charge in [0.2, 0.25) is 0 Å². The van der Waals surface area contributed by atoms with E-state index in [4.69, 9.17) is 4.74 Å². The minimum atomic E-state index is -4.09. The summed E-state index contributed by atoms with van der Waals surface area (Å²) in [6.07, 6.45) is 2.51. The van der Waals surface area contributed by atoms with Gasteiger partial charge >= 0.3 is 0 Å². The molecule has 0 atom stereocenters.